The largest absolute Gasteiger partial charge is 0.493 e. The third kappa shape index (κ3) is 2.02. The summed E-state index contributed by atoms with van der Waals surface area (Å²) < 4.78 is 11.0. The quantitative estimate of drug-likeness (QED) is 0.930. The molecule has 1 fully saturated rings. The van der Waals surface area contributed by atoms with Gasteiger partial charge in [-0.25, -0.2) is 4.79 Å². The van der Waals surface area contributed by atoms with Gasteiger partial charge in [0.1, 0.15) is 0 Å². The van der Waals surface area contributed by atoms with Gasteiger partial charge in [-0.15, -0.1) is 0 Å². The van der Waals surface area contributed by atoms with E-state index in [2.05, 4.69) is 0 Å². The van der Waals surface area contributed by atoms with E-state index in [-0.39, 0.29) is 16.8 Å². The lowest BCUT2D eigenvalue weighted by Gasteiger charge is -2.14. The number of carbonyl (C=O) groups is 1. The summed E-state index contributed by atoms with van der Waals surface area (Å²) in [4.78, 5) is 21.9. The summed E-state index contributed by atoms with van der Waals surface area (Å²) in [5, 5.41) is 9.00. The Bertz CT molecular complexity index is 707. The molecular formula is C13H12O5S. The Hall–Kier alpha value is -1.82. The number of carboxylic acid groups (broad SMARTS) is 1. The van der Waals surface area contributed by atoms with Crippen LogP contribution in [0.2, 0.25) is 0 Å². The molecule has 19 heavy (non-hydrogen) atoms. The zero-order valence-corrected chi connectivity index (χ0v) is 11.1. The Morgan fingerprint density at radius 1 is 1.53 bits per heavy atom. The van der Waals surface area contributed by atoms with E-state index in [9.17, 15) is 9.59 Å². The average molecular weight is 280 g/mol. The van der Waals surface area contributed by atoms with Crippen molar-refractivity contribution in [1.82, 2.24) is 0 Å². The highest BCUT2D eigenvalue weighted by atomic mass is 32.1. The van der Waals surface area contributed by atoms with E-state index in [1.54, 1.807) is 6.07 Å². The number of benzene rings is 1. The topological polar surface area (TPSA) is 76.7 Å². The molecule has 2 aromatic rings. The van der Waals surface area contributed by atoms with Crippen molar-refractivity contribution in [2.45, 2.75) is 24.7 Å². The van der Waals surface area contributed by atoms with Crippen molar-refractivity contribution in [1.29, 1.82) is 0 Å². The average Bonchev–Trinajstić information content (AvgIpc) is 3.01. The van der Waals surface area contributed by atoms with Gasteiger partial charge in [0.2, 0.25) is 0 Å². The number of fused-ring (bicyclic) bond motifs is 1. The van der Waals surface area contributed by atoms with Crippen LogP contribution in [0, 0.1) is 0 Å². The first kappa shape index (κ1) is 12.2. The molecule has 0 radical (unpaired) electrons. The van der Waals surface area contributed by atoms with Crippen LogP contribution in [0.25, 0.3) is 10.3 Å². The van der Waals surface area contributed by atoms with Crippen LogP contribution in [0.1, 0.15) is 24.8 Å². The SMILES string of the molecule is COc1cc(C2(CC(=O)O)CC2)cc2sc(=O)oc12. The van der Waals surface area contributed by atoms with Crippen LogP contribution >= 0.6 is 11.3 Å². The standard InChI is InChI=1S/C13H12O5S/c1-17-8-4-7(13(2-3-13)6-10(14)15)5-9-11(8)18-12(16)19-9/h4-5H,2-3,6H2,1H3,(H,14,15). The summed E-state index contributed by atoms with van der Waals surface area (Å²) in [6.45, 7) is 0. The second-order valence-electron chi connectivity index (χ2n) is 4.81. The first-order valence-electron chi connectivity index (χ1n) is 5.88. The fourth-order valence-corrected chi connectivity index (χ4v) is 3.14. The molecule has 0 amide bonds. The van der Waals surface area contributed by atoms with Crippen LogP contribution in [-0.4, -0.2) is 18.2 Å². The Balaban J connectivity index is 2.14. The number of hydrogen-bond acceptors (Lipinski definition) is 5. The maximum absolute atomic E-state index is 11.3. The molecule has 6 heteroatoms. The van der Waals surface area contributed by atoms with Crippen LogP contribution in [-0.2, 0) is 10.2 Å². The van der Waals surface area contributed by atoms with E-state index in [1.807, 2.05) is 6.07 Å². The lowest BCUT2D eigenvalue weighted by Crippen LogP contribution is -2.12. The molecule has 5 nitrogen and oxygen atoms in total. The predicted molar refractivity (Wildman–Crippen MR) is 70.1 cm³/mol. The summed E-state index contributed by atoms with van der Waals surface area (Å²) in [6.07, 6.45) is 1.80. The molecule has 1 heterocycles. The highest BCUT2D eigenvalue weighted by Crippen LogP contribution is 2.52. The molecule has 1 N–H and O–H groups in total. The van der Waals surface area contributed by atoms with E-state index in [1.165, 1.54) is 7.11 Å². The van der Waals surface area contributed by atoms with Crippen molar-refractivity contribution in [3.05, 3.63) is 27.4 Å². The van der Waals surface area contributed by atoms with E-state index in [0.29, 0.717) is 16.0 Å². The van der Waals surface area contributed by atoms with Crippen LogP contribution in [0.5, 0.6) is 5.75 Å². The number of methoxy groups -OCH3 is 1. The molecule has 0 aliphatic heterocycles. The lowest BCUT2D eigenvalue weighted by molar-refractivity contribution is -0.137. The van der Waals surface area contributed by atoms with Gasteiger partial charge < -0.3 is 14.3 Å². The molecule has 100 valence electrons. The Kier molecular flexibility index (Phi) is 2.63. The van der Waals surface area contributed by atoms with E-state index in [4.69, 9.17) is 14.3 Å². The monoisotopic (exact) mass is 280 g/mol. The molecular weight excluding hydrogens is 268 g/mol. The third-order valence-electron chi connectivity index (χ3n) is 3.57. The number of aliphatic carboxylic acids is 1. The predicted octanol–water partition coefficient (Wildman–Crippen LogP) is 2.37. The molecule has 1 aromatic heterocycles. The van der Waals surface area contributed by atoms with Crippen LogP contribution in [0.15, 0.2) is 21.3 Å². The molecule has 1 aliphatic carbocycles. The fourth-order valence-electron chi connectivity index (χ4n) is 2.41. The summed E-state index contributed by atoms with van der Waals surface area (Å²) in [5.41, 5.74) is 1.05. The molecule has 0 unspecified atom stereocenters. The summed E-state index contributed by atoms with van der Waals surface area (Å²) >= 11 is 1.01. The Labute approximate surface area is 112 Å². The van der Waals surface area contributed by atoms with Gasteiger partial charge in [0.25, 0.3) is 0 Å². The highest BCUT2D eigenvalue weighted by Gasteiger charge is 2.46. The summed E-state index contributed by atoms with van der Waals surface area (Å²) in [7, 11) is 1.51. The van der Waals surface area contributed by atoms with Gasteiger partial charge in [0, 0.05) is 5.41 Å². The number of carboxylic acids is 1. The van der Waals surface area contributed by atoms with Gasteiger partial charge in [-0.05, 0) is 30.5 Å². The third-order valence-corrected chi connectivity index (χ3v) is 4.35. The smallest absolute Gasteiger partial charge is 0.396 e. The number of hydrogen-bond donors (Lipinski definition) is 1. The van der Waals surface area contributed by atoms with E-state index >= 15 is 0 Å². The maximum Gasteiger partial charge on any atom is 0.396 e. The van der Waals surface area contributed by atoms with Crippen LogP contribution in [0.4, 0.5) is 0 Å². The van der Waals surface area contributed by atoms with Gasteiger partial charge in [0.15, 0.2) is 11.3 Å². The van der Waals surface area contributed by atoms with Gasteiger partial charge in [-0.3, -0.25) is 4.79 Å². The Morgan fingerprint density at radius 3 is 2.84 bits per heavy atom. The van der Waals surface area contributed by atoms with Crippen molar-refractivity contribution < 1.29 is 19.1 Å². The zero-order chi connectivity index (χ0) is 13.6. The molecule has 0 spiro atoms. The lowest BCUT2D eigenvalue weighted by atomic mass is 9.92. The summed E-state index contributed by atoms with van der Waals surface area (Å²) in [6, 6.07) is 3.64. The van der Waals surface area contributed by atoms with Crippen molar-refractivity contribution in [3.8, 4) is 5.75 Å². The first-order valence-corrected chi connectivity index (χ1v) is 6.70. The second kappa shape index (κ2) is 4.09. The van der Waals surface area contributed by atoms with Crippen LogP contribution in [0.3, 0.4) is 0 Å². The van der Waals surface area contributed by atoms with Gasteiger partial charge >= 0.3 is 10.9 Å². The van der Waals surface area contributed by atoms with E-state index in [0.717, 1.165) is 29.7 Å². The summed E-state index contributed by atoms with van der Waals surface area (Å²) in [5.74, 6) is -0.320. The molecule has 0 bridgehead atoms. The van der Waals surface area contributed by atoms with Gasteiger partial charge in [0.05, 0.1) is 18.2 Å². The van der Waals surface area contributed by atoms with Gasteiger partial charge in [-0.2, -0.15) is 0 Å². The van der Waals surface area contributed by atoms with Crippen molar-refractivity contribution in [2.24, 2.45) is 0 Å². The molecule has 1 aromatic carbocycles. The minimum Gasteiger partial charge on any atom is -0.493 e. The molecule has 0 atom stereocenters. The number of rotatable bonds is 4. The van der Waals surface area contributed by atoms with Crippen LogP contribution < -0.4 is 9.68 Å². The minimum absolute atomic E-state index is 0.106. The fraction of sp³-hybridized carbons (Fsp3) is 0.385. The number of ether oxygens (including phenoxy) is 1. The maximum atomic E-state index is 11.3. The molecule has 0 saturated heterocycles. The van der Waals surface area contributed by atoms with Crippen molar-refractivity contribution in [2.75, 3.05) is 7.11 Å². The Morgan fingerprint density at radius 2 is 2.26 bits per heavy atom. The zero-order valence-electron chi connectivity index (χ0n) is 10.3. The first-order chi connectivity index (χ1) is 9.04. The normalized spacial score (nSPS) is 16.5. The molecule has 3 rings (SSSR count). The van der Waals surface area contributed by atoms with Crippen molar-refractivity contribution >= 4 is 27.6 Å². The molecule has 1 aliphatic rings. The second-order valence-corrected chi connectivity index (χ2v) is 5.79. The van der Waals surface area contributed by atoms with Gasteiger partial charge in [-0.1, -0.05) is 11.3 Å². The van der Waals surface area contributed by atoms with E-state index < -0.39 is 5.97 Å². The highest BCUT2D eigenvalue weighted by molar-refractivity contribution is 7.16. The minimum atomic E-state index is -0.808. The molecule has 1 saturated carbocycles. The van der Waals surface area contributed by atoms with Crippen molar-refractivity contribution in [3.63, 3.8) is 0 Å².